The van der Waals surface area contributed by atoms with Crippen LogP contribution in [-0.2, 0) is 23.3 Å². The molecule has 4 aromatic rings. The number of fused-ring (bicyclic) bond motifs is 1. The molecule has 1 saturated carbocycles. The zero-order valence-electron chi connectivity index (χ0n) is 21.3. The zero-order chi connectivity index (χ0) is 25.4. The number of ether oxygens (including phenoxy) is 1. The summed E-state index contributed by atoms with van der Waals surface area (Å²) in [6.45, 7) is 4.42. The van der Waals surface area contributed by atoms with Crippen molar-refractivity contribution in [2.45, 2.75) is 44.2 Å². The molecule has 0 radical (unpaired) electrons. The first kappa shape index (κ1) is 24.9. The van der Waals surface area contributed by atoms with E-state index in [-0.39, 0.29) is 5.41 Å². The van der Waals surface area contributed by atoms with Crippen molar-refractivity contribution in [3.05, 3.63) is 88.2 Å². The van der Waals surface area contributed by atoms with Crippen LogP contribution in [-0.4, -0.2) is 41.2 Å². The Morgan fingerprint density at radius 1 is 0.973 bits per heavy atom. The SMILES string of the molecule is CN1CCC(COCc2nc3cc(-c4ccc(Cl)cc4Cl)ccc3n2CC2CC2)(c2ccccc2)CC1. The van der Waals surface area contributed by atoms with Gasteiger partial charge in [-0.15, -0.1) is 0 Å². The van der Waals surface area contributed by atoms with E-state index in [4.69, 9.17) is 32.9 Å². The number of piperidine rings is 1. The number of hydrogen-bond donors (Lipinski definition) is 0. The second kappa shape index (κ2) is 10.4. The first-order valence-corrected chi connectivity index (χ1v) is 14.0. The van der Waals surface area contributed by atoms with Gasteiger partial charge in [-0.05, 0) is 87.1 Å². The Bertz CT molecular complexity index is 1390. The van der Waals surface area contributed by atoms with Crippen LogP contribution in [0.1, 0.15) is 37.1 Å². The zero-order valence-corrected chi connectivity index (χ0v) is 22.8. The fraction of sp³-hybridized carbons (Fsp3) is 0.387. The Hall–Kier alpha value is -2.37. The number of rotatable bonds is 8. The van der Waals surface area contributed by atoms with Gasteiger partial charge in [-0.3, -0.25) is 0 Å². The van der Waals surface area contributed by atoms with Crippen LogP contribution in [0.2, 0.25) is 10.0 Å². The van der Waals surface area contributed by atoms with Crippen molar-refractivity contribution in [2.75, 3.05) is 26.7 Å². The molecule has 192 valence electrons. The molecular weight excluding hydrogens is 501 g/mol. The Morgan fingerprint density at radius 2 is 1.76 bits per heavy atom. The van der Waals surface area contributed by atoms with Crippen LogP contribution in [0.3, 0.4) is 0 Å². The number of nitrogens with zero attached hydrogens (tertiary/aromatic N) is 3. The average Bonchev–Trinajstić information content (AvgIpc) is 3.67. The maximum absolute atomic E-state index is 6.53. The largest absolute Gasteiger partial charge is 0.373 e. The quantitative estimate of drug-likeness (QED) is 0.233. The molecule has 0 amide bonds. The summed E-state index contributed by atoms with van der Waals surface area (Å²) < 4.78 is 8.91. The molecular formula is C31H33Cl2N3O. The molecule has 1 saturated heterocycles. The lowest BCUT2D eigenvalue weighted by molar-refractivity contribution is 0.0368. The minimum Gasteiger partial charge on any atom is -0.373 e. The molecule has 0 unspecified atom stereocenters. The highest BCUT2D eigenvalue weighted by molar-refractivity contribution is 6.36. The summed E-state index contributed by atoms with van der Waals surface area (Å²) in [7, 11) is 2.21. The fourth-order valence-corrected chi connectivity index (χ4v) is 6.15. The maximum atomic E-state index is 6.53. The van der Waals surface area contributed by atoms with Gasteiger partial charge in [0.05, 0.1) is 17.6 Å². The third-order valence-corrected chi connectivity index (χ3v) is 8.69. The second-order valence-corrected chi connectivity index (χ2v) is 11.7. The van der Waals surface area contributed by atoms with Gasteiger partial charge < -0.3 is 14.2 Å². The topological polar surface area (TPSA) is 30.3 Å². The number of benzene rings is 3. The molecule has 1 aliphatic carbocycles. The van der Waals surface area contributed by atoms with Crippen molar-refractivity contribution >= 4 is 34.2 Å². The van der Waals surface area contributed by atoms with Crippen LogP contribution in [0.5, 0.6) is 0 Å². The van der Waals surface area contributed by atoms with E-state index in [1.54, 1.807) is 6.07 Å². The summed E-state index contributed by atoms with van der Waals surface area (Å²) in [6, 6.07) is 23.0. The lowest BCUT2D eigenvalue weighted by Gasteiger charge is -2.41. The van der Waals surface area contributed by atoms with E-state index in [0.717, 1.165) is 66.4 Å². The highest BCUT2D eigenvalue weighted by Gasteiger charge is 2.36. The molecule has 3 aromatic carbocycles. The number of aromatic nitrogens is 2. The predicted octanol–water partition coefficient (Wildman–Crippen LogP) is 7.60. The lowest BCUT2D eigenvalue weighted by atomic mass is 9.73. The number of hydrogen-bond acceptors (Lipinski definition) is 3. The average molecular weight is 535 g/mol. The molecule has 37 heavy (non-hydrogen) atoms. The molecule has 0 spiro atoms. The van der Waals surface area contributed by atoms with Gasteiger partial charge in [0, 0.05) is 27.6 Å². The summed E-state index contributed by atoms with van der Waals surface area (Å²) in [4.78, 5) is 7.50. The van der Waals surface area contributed by atoms with Gasteiger partial charge in [0.1, 0.15) is 12.4 Å². The van der Waals surface area contributed by atoms with Crippen molar-refractivity contribution in [3.8, 4) is 11.1 Å². The summed E-state index contributed by atoms with van der Waals surface area (Å²) in [5.74, 6) is 1.75. The molecule has 0 N–H and O–H groups in total. The molecule has 0 atom stereocenters. The molecule has 1 aromatic heterocycles. The maximum Gasteiger partial charge on any atom is 0.136 e. The molecule has 6 rings (SSSR count). The standard InChI is InChI=1S/C31H33Cl2N3O/c1-35-15-13-31(14-16-35,24-5-3-2-4-6-24)21-37-20-30-34-28-17-23(26-11-10-25(32)18-27(26)33)9-12-29(28)36(30)19-22-7-8-22/h2-6,9-12,17-18,22H,7-8,13-16,19-21H2,1H3. The van der Waals surface area contributed by atoms with Crippen LogP contribution in [0.4, 0.5) is 0 Å². The van der Waals surface area contributed by atoms with Crippen LogP contribution in [0, 0.1) is 5.92 Å². The Balaban J connectivity index is 1.27. The minimum atomic E-state index is 0.0552. The van der Waals surface area contributed by atoms with Gasteiger partial charge in [-0.25, -0.2) is 4.98 Å². The van der Waals surface area contributed by atoms with Crippen LogP contribution >= 0.6 is 23.2 Å². The summed E-state index contributed by atoms with van der Waals surface area (Å²) in [6.07, 6.45) is 4.81. The van der Waals surface area contributed by atoms with Crippen molar-refractivity contribution in [2.24, 2.45) is 5.92 Å². The van der Waals surface area contributed by atoms with E-state index in [2.05, 4.69) is 65.0 Å². The van der Waals surface area contributed by atoms with Gasteiger partial charge in [-0.1, -0.05) is 65.7 Å². The second-order valence-electron chi connectivity index (χ2n) is 10.9. The third-order valence-electron chi connectivity index (χ3n) is 8.15. The van der Waals surface area contributed by atoms with E-state index in [9.17, 15) is 0 Å². The van der Waals surface area contributed by atoms with E-state index in [1.165, 1.54) is 18.4 Å². The van der Waals surface area contributed by atoms with E-state index in [1.807, 2.05) is 12.1 Å². The molecule has 2 aliphatic rings. The van der Waals surface area contributed by atoms with Crippen molar-refractivity contribution in [1.82, 2.24) is 14.5 Å². The van der Waals surface area contributed by atoms with Gasteiger partial charge in [0.25, 0.3) is 0 Å². The number of halogens is 2. The Kier molecular flexibility index (Phi) is 7.02. The van der Waals surface area contributed by atoms with E-state index < -0.39 is 0 Å². The first-order valence-electron chi connectivity index (χ1n) is 13.3. The molecule has 4 nitrogen and oxygen atoms in total. The third kappa shape index (κ3) is 5.31. The molecule has 2 heterocycles. The van der Waals surface area contributed by atoms with Gasteiger partial charge in [-0.2, -0.15) is 0 Å². The van der Waals surface area contributed by atoms with E-state index in [0.29, 0.717) is 23.3 Å². The van der Waals surface area contributed by atoms with Crippen molar-refractivity contribution in [3.63, 3.8) is 0 Å². The minimum absolute atomic E-state index is 0.0552. The highest BCUT2D eigenvalue weighted by Crippen LogP contribution is 2.37. The molecule has 1 aliphatic heterocycles. The Morgan fingerprint density at radius 3 is 2.49 bits per heavy atom. The summed E-state index contributed by atoms with van der Waals surface area (Å²) >= 11 is 12.6. The van der Waals surface area contributed by atoms with Crippen molar-refractivity contribution < 1.29 is 4.74 Å². The monoisotopic (exact) mass is 533 g/mol. The van der Waals surface area contributed by atoms with E-state index >= 15 is 0 Å². The molecule has 6 heteroatoms. The Labute approximate surface area is 229 Å². The van der Waals surface area contributed by atoms with Gasteiger partial charge >= 0.3 is 0 Å². The fourth-order valence-electron chi connectivity index (χ4n) is 5.64. The molecule has 0 bridgehead atoms. The number of imidazole rings is 1. The number of likely N-dealkylation sites (tertiary alicyclic amines) is 1. The van der Waals surface area contributed by atoms with Gasteiger partial charge in [0.15, 0.2) is 0 Å². The van der Waals surface area contributed by atoms with Crippen LogP contribution in [0.15, 0.2) is 66.7 Å². The summed E-state index contributed by atoms with van der Waals surface area (Å²) in [5, 5.41) is 1.29. The predicted molar refractivity (Wildman–Crippen MR) is 152 cm³/mol. The smallest absolute Gasteiger partial charge is 0.136 e. The first-order chi connectivity index (χ1) is 18.0. The highest BCUT2D eigenvalue weighted by atomic mass is 35.5. The van der Waals surface area contributed by atoms with Crippen LogP contribution < -0.4 is 0 Å². The lowest BCUT2D eigenvalue weighted by Crippen LogP contribution is -2.43. The van der Waals surface area contributed by atoms with Gasteiger partial charge in [0.2, 0.25) is 0 Å². The van der Waals surface area contributed by atoms with Crippen LogP contribution in [0.25, 0.3) is 22.2 Å². The normalized spacial score (nSPS) is 17.9. The summed E-state index contributed by atoms with van der Waals surface area (Å²) in [5.41, 5.74) is 5.61. The van der Waals surface area contributed by atoms with Crippen molar-refractivity contribution in [1.29, 1.82) is 0 Å². The molecule has 2 fully saturated rings.